The van der Waals surface area contributed by atoms with Gasteiger partial charge in [-0.3, -0.25) is 4.99 Å². The standard InChI is InChI=1S/C15H25N3O.HI/c1-15(2,3)19-11-13-8-6-7-12(9-13)10-18-14(16-4)17-5;/h6-9H,10-11H2,1-5H3,(H2,16,17,18);1H. The third-order valence-electron chi connectivity index (χ3n) is 2.58. The van der Waals surface area contributed by atoms with Gasteiger partial charge in [-0.1, -0.05) is 24.3 Å². The third-order valence-corrected chi connectivity index (χ3v) is 2.58. The lowest BCUT2D eigenvalue weighted by molar-refractivity contribution is -0.0149. The molecule has 2 N–H and O–H groups in total. The Balaban J connectivity index is 0.00000361. The summed E-state index contributed by atoms with van der Waals surface area (Å²) in [6.45, 7) is 7.58. The maximum Gasteiger partial charge on any atom is 0.190 e. The molecule has 0 atom stereocenters. The van der Waals surface area contributed by atoms with Crippen molar-refractivity contribution in [3.8, 4) is 0 Å². The molecule has 4 nitrogen and oxygen atoms in total. The predicted molar refractivity (Wildman–Crippen MR) is 95.7 cm³/mol. The number of benzene rings is 1. The summed E-state index contributed by atoms with van der Waals surface area (Å²) in [4.78, 5) is 4.08. The smallest absolute Gasteiger partial charge is 0.190 e. The van der Waals surface area contributed by atoms with Crippen LogP contribution >= 0.6 is 24.0 Å². The fraction of sp³-hybridized carbons (Fsp3) is 0.533. The van der Waals surface area contributed by atoms with Crippen LogP contribution in [0.4, 0.5) is 0 Å². The molecule has 0 radical (unpaired) electrons. The summed E-state index contributed by atoms with van der Waals surface area (Å²) in [7, 11) is 3.61. The van der Waals surface area contributed by atoms with Gasteiger partial charge in [-0.25, -0.2) is 0 Å². The average molecular weight is 391 g/mol. The molecule has 0 aliphatic carbocycles. The van der Waals surface area contributed by atoms with E-state index < -0.39 is 0 Å². The molecule has 0 spiro atoms. The van der Waals surface area contributed by atoms with Gasteiger partial charge < -0.3 is 15.4 Å². The number of guanidine groups is 1. The highest BCUT2D eigenvalue weighted by molar-refractivity contribution is 14.0. The number of hydrogen-bond acceptors (Lipinski definition) is 2. The molecule has 0 unspecified atom stereocenters. The summed E-state index contributed by atoms with van der Waals surface area (Å²) in [6, 6.07) is 8.39. The summed E-state index contributed by atoms with van der Waals surface area (Å²) in [5.74, 6) is 0.788. The molecule has 5 heteroatoms. The number of aliphatic imine (C=N–C) groups is 1. The number of nitrogens with zero attached hydrogens (tertiary/aromatic N) is 1. The highest BCUT2D eigenvalue weighted by Crippen LogP contribution is 2.13. The van der Waals surface area contributed by atoms with Crippen molar-refractivity contribution >= 4 is 29.9 Å². The van der Waals surface area contributed by atoms with E-state index in [0.29, 0.717) is 6.61 Å². The van der Waals surface area contributed by atoms with Crippen LogP contribution in [0.5, 0.6) is 0 Å². The molecule has 20 heavy (non-hydrogen) atoms. The van der Waals surface area contributed by atoms with Crippen LogP contribution in [0.15, 0.2) is 29.3 Å². The summed E-state index contributed by atoms with van der Waals surface area (Å²) in [5.41, 5.74) is 2.29. The SMILES string of the molecule is CN=C(NC)NCc1cccc(COC(C)(C)C)c1.I. The highest BCUT2D eigenvalue weighted by Gasteiger charge is 2.10. The molecule has 0 aliphatic rings. The van der Waals surface area contributed by atoms with Crippen LogP contribution in [0, 0.1) is 0 Å². The van der Waals surface area contributed by atoms with Gasteiger partial charge in [0.15, 0.2) is 5.96 Å². The first-order chi connectivity index (χ1) is 8.94. The van der Waals surface area contributed by atoms with Crippen molar-refractivity contribution in [3.63, 3.8) is 0 Å². The predicted octanol–water partition coefficient (Wildman–Crippen LogP) is 2.91. The molecule has 0 bridgehead atoms. The number of rotatable bonds is 4. The summed E-state index contributed by atoms with van der Waals surface area (Å²) < 4.78 is 5.78. The maximum absolute atomic E-state index is 5.78. The van der Waals surface area contributed by atoms with E-state index in [1.807, 2.05) is 7.05 Å². The third kappa shape index (κ3) is 7.69. The maximum atomic E-state index is 5.78. The number of nitrogens with one attached hydrogen (secondary N) is 2. The van der Waals surface area contributed by atoms with E-state index in [4.69, 9.17) is 4.74 Å². The van der Waals surface area contributed by atoms with Crippen molar-refractivity contribution in [2.45, 2.75) is 39.5 Å². The van der Waals surface area contributed by atoms with Crippen LogP contribution in [-0.4, -0.2) is 25.7 Å². The van der Waals surface area contributed by atoms with Crippen LogP contribution in [0.3, 0.4) is 0 Å². The first-order valence-electron chi connectivity index (χ1n) is 6.55. The molecule has 0 aliphatic heterocycles. The van der Waals surface area contributed by atoms with Gasteiger partial charge in [0.25, 0.3) is 0 Å². The lowest BCUT2D eigenvalue weighted by atomic mass is 10.1. The van der Waals surface area contributed by atoms with E-state index in [1.165, 1.54) is 11.1 Å². The van der Waals surface area contributed by atoms with Crippen LogP contribution in [0.1, 0.15) is 31.9 Å². The van der Waals surface area contributed by atoms with Gasteiger partial charge in [0.2, 0.25) is 0 Å². The second kappa shape index (κ2) is 9.18. The Morgan fingerprint density at radius 2 is 1.90 bits per heavy atom. The molecule has 0 aromatic heterocycles. The van der Waals surface area contributed by atoms with E-state index in [-0.39, 0.29) is 29.6 Å². The molecule has 0 saturated heterocycles. The Labute approximate surface area is 139 Å². The molecule has 1 rings (SSSR count). The minimum absolute atomic E-state index is 0. The lowest BCUT2D eigenvalue weighted by Gasteiger charge is -2.19. The van der Waals surface area contributed by atoms with Crippen molar-refractivity contribution in [1.82, 2.24) is 10.6 Å². The molecule has 114 valence electrons. The average Bonchev–Trinajstić information content (AvgIpc) is 2.37. The lowest BCUT2D eigenvalue weighted by Crippen LogP contribution is -2.34. The Morgan fingerprint density at radius 3 is 2.45 bits per heavy atom. The molecule has 0 heterocycles. The fourth-order valence-electron chi connectivity index (χ4n) is 1.59. The summed E-state index contributed by atoms with van der Waals surface area (Å²) in [6.07, 6.45) is 0. The van der Waals surface area contributed by atoms with Crippen LogP contribution in [-0.2, 0) is 17.9 Å². The molecule has 0 saturated carbocycles. The largest absolute Gasteiger partial charge is 0.371 e. The van der Waals surface area contributed by atoms with E-state index in [9.17, 15) is 0 Å². The first-order valence-corrected chi connectivity index (χ1v) is 6.55. The van der Waals surface area contributed by atoms with Crippen molar-refractivity contribution in [2.75, 3.05) is 14.1 Å². The minimum atomic E-state index is -0.109. The molecule has 0 amide bonds. The Morgan fingerprint density at radius 1 is 1.25 bits per heavy atom. The molecule has 0 fully saturated rings. The van der Waals surface area contributed by atoms with Gasteiger partial charge >= 0.3 is 0 Å². The summed E-state index contributed by atoms with van der Waals surface area (Å²) in [5, 5.41) is 6.23. The number of ether oxygens (including phenoxy) is 1. The monoisotopic (exact) mass is 391 g/mol. The van der Waals surface area contributed by atoms with E-state index >= 15 is 0 Å². The van der Waals surface area contributed by atoms with Crippen molar-refractivity contribution < 1.29 is 4.74 Å². The normalized spacial score (nSPS) is 11.8. The van der Waals surface area contributed by atoms with Gasteiger partial charge in [-0.05, 0) is 31.9 Å². The number of halogens is 1. The van der Waals surface area contributed by atoms with E-state index in [1.54, 1.807) is 7.05 Å². The molecular formula is C15H26IN3O. The van der Waals surface area contributed by atoms with Crippen molar-refractivity contribution in [2.24, 2.45) is 4.99 Å². The van der Waals surface area contributed by atoms with Crippen LogP contribution in [0.2, 0.25) is 0 Å². The van der Waals surface area contributed by atoms with Gasteiger partial charge in [-0.2, -0.15) is 0 Å². The zero-order chi connectivity index (χ0) is 14.3. The zero-order valence-corrected chi connectivity index (χ0v) is 15.3. The second-order valence-electron chi connectivity index (χ2n) is 5.40. The number of hydrogen-bond donors (Lipinski definition) is 2. The van der Waals surface area contributed by atoms with Crippen molar-refractivity contribution in [3.05, 3.63) is 35.4 Å². The zero-order valence-electron chi connectivity index (χ0n) is 13.0. The Bertz CT molecular complexity index is 427. The second-order valence-corrected chi connectivity index (χ2v) is 5.40. The quantitative estimate of drug-likeness (QED) is 0.472. The van der Waals surface area contributed by atoms with Crippen molar-refractivity contribution in [1.29, 1.82) is 0 Å². The van der Waals surface area contributed by atoms with Crippen LogP contribution in [0.25, 0.3) is 0 Å². The van der Waals surface area contributed by atoms with Gasteiger partial charge in [0, 0.05) is 20.6 Å². The molecule has 1 aromatic rings. The van der Waals surface area contributed by atoms with Gasteiger partial charge in [0.05, 0.1) is 12.2 Å². The Hall–Kier alpha value is -0.820. The van der Waals surface area contributed by atoms with Gasteiger partial charge in [-0.15, -0.1) is 24.0 Å². The molecule has 1 aromatic carbocycles. The topological polar surface area (TPSA) is 45.7 Å². The highest BCUT2D eigenvalue weighted by atomic mass is 127. The summed E-state index contributed by atoms with van der Waals surface area (Å²) >= 11 is 0. The van der Waals surface area contributed by atoms with E-state index in [0.717, 1.165) is 12.5 Å². The van der Waals surface area contributed by atoms with Crippen LogP contribution < -0.4 is 10.6 Å². The Kier molecular flexibility index (Phi) is 8.80. The first kappa shape index (κ1) is 19.2. The molecular weight excluding hydrogens is 365 g/mol. The fourth-order valence-corrected chi connectivity index (χ4v) is 1.59. The van der Waals surface area contributed by atoms with E-state index in [2.05, 4.69) is 60.7 Å². The minimum Gasteiger partial charge on any atom is -0.371 e. The van der Waals surface area contributed by atoms with Gasteiger partial charge in [0.1, 0.15) is 0 Å².